The van der Waals surface area contributed by atoms with Crippen LogP contribution in [0.4, 0.5) is 0 Å². The van der Waals surface area contributed by atoms with Crippen LogP contribution in [-0.4, -0.2) is 82.0 Å². The minimum absolute atomic E-state index is 0.0366. The summed E-state index contributed by atoms with van der Waals surface area (Å²) >= 11 is 0. The van der Waals surface area contributed by atoms with E-state index >= 15 is 0 Å². The number of β-amino-alcohol motifs (C(OH)–C–C–N with tert-alkyl or cyclic N) is 1. The highest BCUT2D eigenvalue weighted by Crippen LogP contribution is 2.32. The summed E-state index contributed by atoms with van der Waals surface area (Å²) in [4.78, 5) is 31.8. The Labute approximate surface area is 189 Å². The van der Waals surface area contributed by atoms with Crippen LogP contribution in [0, 0.1) is 5.92 Å². The molecule has 1 saturated carbocycles. The number of ether oxygens (including phenoxy) is 2. The average molecular weight is 449 g/mol. The molecule has 2 N–H and O–H groups in total. The van der Waals surface area contributed by atoms with Crippen molar-refractivity contribution < 1.29 is 24.2 Å². The molecule has 0 bridgehead atoms. The zero-order chi connectivity index (χ0) is 22.5. The Morgan fingerprint density at radius 2 is 2.03 bits per heavy atom. The van der Waals surface area contributed by atoms with E-state index in [0.717, 1.165) is 37.8 Å². The van der Waals surface area contributed by atoms with Crippen LogP contribution in [0.5, 0.6) is 0 Å². The minimum Gasteiger partial charge on any atom is -0.389 e. The number of aliphatic hydroxyl groups is 1. The normalized spacial score (nSPS) is 29.2. The van der Waals surface area contributed by atoms with Gasteiger partial charge < -0.3 is 29.4 Å². The second-order valence-corrected chi connectivity index (χ2v) is 9.44. The second kappa shape index (κ2) is 10.8. The first-order valence-corrected chi connectivity index (χ1v) is 11.9. The number of amides is 2. The summed E-state index contributed by atoms with van der Waals surface area (Å²) in [6.07, 6.45) is 9.06. The van der Waals surface area contributed by atoms with Crippen molar-refractivity contribution in [3.8, 4) is 0 Å². The maximum Gasteiger partial charge on any atom is 0.226 e. The molecule has 0 spiro atoms. The van der Waals surface area contributed by atoms with E-state index in [4.69, 9.17) is 9.47 Å². The van der Waals surface area contributed by atoms with Gasteiger partial charge in [0.2, 0.25) is 11.8 Å². The lowest BCUT2D eigenvalue weighted by Crippen LogP contribution is -2.58. The van der Waals surface area contributed by atoms with Gasteiger partial charge in [0.15, 0.2) is 0 Å². The Morgan fingerprint density at radius 1 is 1.22 bits per heavy atom. The quantitative estimate of drug-likeness (QED) is 0.667. The molecule has 4 atom stereocenters. The van der Waals surface area contributed by atoms with Crippen molar-refractivity contribution in [2.75, 3.05) is 26.3 Å². The summed E-state index contributed by atoms with van der Waals surface area (Å²) in [5, 5.41) is 13.2. The van der Waals surface area contributed by atoms with Crippen molar-refractivity contribution in [1.29, 1.82) is 0 Å². The largest absolute Gasteiger partial charge is 0.389 e. The van der Waals surface area contributed by atoms with Gasteiger partial charge in [-0.3, -0.25) is 9.59 Å². The molecule has 0 radical (unpaired) electrons. The first kappa shape index (κ1) is 23.2. The van der Waals surface area contributed by atoms with Gasteiger partial charge in [0.25, 0.3) is 0 Å². The van der Waals surface area contributed by atoms with Crippen LogP contribution >= 0.6 is 0 Å². The second-order valence-electron chi connectivity index (χ2n) is 9.44. The molecule has 32 heavy (non-hydrogen) atoms. The molecule has 4 rings (SSSR count). The van der Waals surface area contributed by atoms with Gasteiger partial charge in [-0.15, -0.1) is 0 Å². The molecule has 0 aromatic carbocycles. The molecular weight excluding hydrogens is 412 g/mol. The van der Waals surface area contributed by atoms with Gasteiger partial charge in [-0.25, -0.2) is 4.98 Å². The van der Waals surface area contributed by atoms with Gasteiger partial charge >= 0.3 is 0 Å². The Morgan fingerprint density at radius 3 is 2.78 bits per heavy atom. The third-order valence-corrected chi connectivity index (χ3v) is 6.84. The zero-order valence-electron chi connectivity index (χ0n) is 18.9. The number of nitrogens with zero attached hydrogens (tertiary/aromatic N) is 3. The molecule has 1 aromatic heterocycles. The van der Waals surface area contributed by atoms with Crippen molar-refractivity contribution in [2.24, 2.45) is 13.0 Å². The smallest absolute Gasteiger partial charge is 0.226 e. The molecule has 2 saturated heterocycles. The third kappa shape index (κ3) is 5.88. The number of hydrogen-bond donors (Lipinski definition) is 2. The summed E-state index contributed by atoms with van der Waals surface area (Å²) in [6.45, 7) is 1.35. The molecule has 2 amide bonds. The zero-order valence-corrected chi connectivity index (χ0v) is 18.9. The maximum atomic E-state index is 13.2. The Bertz CT molecular complexity index is 778. The fourth-order valence-corrected chi connectivity index (χ4v) is 5.21. The molecule has 3 fully saturated rings. The van der Waals surface area contributed by atoms with Crippen LogP contribution in [0.25, 0.3) is 0 Å². The van der Waals surface area contributed by atoms with Gasteiger partial charge in [0.1, 0.15) is 6.10 Å². The van der Waals surface area contributed by atoms with Crippen molar-refractivity contribution in [3.05, 3.63) is 18.2 Å². The Kier molecular flexibility index (Phi) is 7.80. The van der Waals surface area contributed by atoms with E-state index in [0.29, 0.717) is 39.0 Å². The van der Waals surface area contributed by atoms with E-state index < -0.39 is 6.10 Å². The molecule has 3 heterocycles. The third-order valence-electron chi connectivity index (χ3n) is 6.84. The number of aliphatic hydroxyl groups excluding tert-OH is 1. The van der Waals surface area contributed by atoms with Crippen LogP contribution in [0.1, 0.15) is 50.6 Å². The first-order valence-electron chi connectivity index (χ1n) is 11.9. The minimum atomic E-state index is -0.677. The fourth-order valence-electron chi connectivity index (χ4n) is 5.21. The number of aryl methyl sites for hydroxylation is 1. The van der Waals surface area contributed by atoms with Crippen molar-refractivity contribution >= 4 is 11.8 Å². The van der Waals surface area contributed by atoms with Crippen molar-refractivity contribution in [3.63, 3.8) is 0 Å². The Balaban J connectivity index is 1.30. The number of rotatable bonds is 6. The van der Waals surface area contributed by atoms with Crippen LogP contribution in [-0.2, 0) is 32.5 Å². The number of aromatic nitrogens is 2. The lowest BCUT2D eigenvalue weighted by molar-refractivity contribution is -0.171. The predicted octanol–water partition coefficient (Wildman–Crippen LogP) is 0.795. The van der Waals surface area contributed by atoms with Crippen LogP contribution in [0.15, 0.2) is 12.5 Å². The average Bonchev–Trinajstić information content (AvgIpc) is 3.43. The van der Waals surface area contributed by atoms with Gasteiger partial charge in [-0.2, -0.15) is 0 Å². The van der Waals surface area contributed by atoms with Crippen molar-refractivity contribution in [1.82, 2.24) is 19.8 Å². The van der Waals surface area contributed by atoms with E-state index in [2.05, 4.69) is 10.3 Å². The lowest BCUT2D eigenvalue weighted by Gasteiger charge is -2.45. The molecule has 1 aromatic rings. The number of carbonyl (C=O) groups excluding carboxylic acids is 2. The molecular formula is C23H36N4O5. The lowest BCUT2D eigenvalue weighted by atomic mass is 9.93. The maximum absolute atomic E-state index is 13.2. The number of imidazole rings is 1. The topological polar surface area (TPSA) is 106 Å². The van der Waals surface area contributed by atoms with Crippen molar-refractivity contribution in [2.45, 2.75) is 75.7 Å². The van der Waals surface area contributed by atoms with Crippen LogP contribution in [0.3, 0.4) is 0 Å². The molecule has 2 aliphatic heterocycles. The van der Waals surface area contributed by atoms with Crippen LogP contribution < -0.4 is 5.32 Å². The van der Waals surface area contributed by atoms with Gasteiger partial charge in [-0.05, 0) is 25.7 Å². The number of carbonyl (C=O) groups is 2. The number of nitrogens with one attached hydrogen (secondary N) is 1. The summed E-state index contributed by atoms with van der Waals surface area (Å²) < 4.78 is 13.8. The van der Waals surface area contributed by atoms with E-state index in [1.165, 1.54) is 0 Å². The summed E-state index contributed by atoms with van der Waals surface area (Å²) in [7, 11) is 1.92. The molecule has 9 heteroatoms. The predicted molar refractivity (Wildman–Crippen MR) is 117 cm³/mol. The Hall–Kier alpha value is -1.97. The van der Waals surface area contributed by atoms with Gasteiger partial charge in [0.05, 0.1) is 49.9 Å². The molecule has 178 valence electrons. The monoisotopic (exact) mass is 448 g/mol. The SMILES string of the molecule is Cn1cnc(CCNC(=O)C[C@@H]2CC[C@H]3[C@@H](COC[C@@H](O)CN3C(=O)C3CCCC3)O2)c1. The number of fused-ring (bicyclic) bond motifs is 1. The summed E-state index contributed by atoms with van der Waals surface area (Å²) in [6, 6.07) is -0.110. The van der Waals surface area contributed by atoms with E-state index in [1.807, 2.05) is 22.7 Å². The fraction of sp³-hybridized carbons (Fsp3) is 0.783. The van der Waals surface area contributed by atoms with Gasteiger partial charge in [0, 0.05) is 38.7 Å². The molecule has 3 aliphatic rings. The summed E-state index contributed by atoms with van der Waals surface area (Å²) in [5.41, 5.74) is 0.949. The van der Waals surface area contributed by atoms with Crippen LogP contribution in [0.2, 0.25) is 0 Å². The highest BCUT2D eigenvalue weighted by atomic mass is 16.5. The highest BCUT2D eigenvalue weighted by molar-refractivity contribution is 5.79. The van der Waals surface area contributed by atoms with Gasteiger partial charge in [-0.1, -0.05) is 12.8 Å². The number of hydrogen-bond acceptors (Lipinski definition) is 6. The highest BCUT2D eigenvalue weighted by Gasteiger charge is 2.41. The molecule has 9 nitrogen and oxygen atoms in total. The first-order chi connectivity index (χ1) is 15.5. The molecule has 1 aliphatic carbocycles. The van der Waals surface area contributed by atoms with E-state index in [-0.39, 0.29) is 42.6 Å². The molecule has 0 unspecified atom stereocenters. The van der Waals surface area contributed by atoms with E-state index in [9.17, 15) is 14.7 Å². The standard InChI is InChI=1S/C23H36N4O5/c1-26-11-17(25-15-26)8-9-24-22(29)10-19-6-7-20-21(32-19)14-31-13-18(28)12-27(20)23(30)16-4-2-3-5-16/h11,15-16,18-21,28H,2-10,12-14H2,1H3,(H,24,29)/t18-,19-,20-,21+/m0/s1. The summed E-state index contributed by atoms with van der Waals surface area (Å²) in [5.74, 6) is 0.170. The van der Waals surface area contributed by atoms with E-state index in [1.54, 1.807) is 6.33 Å².